The highest BCUT2D eigenvalue weighted by atomic mass is 32.1. The largest absolute Gasteiger partial charge is 0.497 e. The van der Waals surface area contributed by atoms with Crippen LogP contribution in [0.15, 0.2) is 18.2 Å². The second-order valence-corrected chi connectivity index (χ2v) is 5.10. The molecule has 0 fully saturated rings. The number of hydrogen-bond donors (Lipinski definition) is 2. The normalized spacial score (nSPS) is 12.3. The first-order valence-electron chi connectivity index (χ1n) is 5.58. The van der Waals surface area contributed by atoms with Gasteiger partial charge in [0.05, 0.1) is 17.3 Å². The lowest BCUT2D eigenvalue weighted by Crippen LogP contribution is -2.23. The third-order valence-corrected chi connectivity index (χ3v) is 3.42. The number of benzene rings is 1. The number of carbonyl (C=O) groups is 1. The molecule has 18 heavy (non-hydrogen) atoms. The van der Waals surface area contributed by atoms with E-state index in [9.17, 15) is 4.79 Å². The molecule has 1 unspecified atom stereocenters. The van der Waals surface area contributed by atoms with Crippen molar-refractivity contribution < 1.29 is 9.53 Å². The zero-order valence-corrected chi connectivity index (χ0v) is 11.1. The molecule has 3 N–H and O–H groups in total. The Morgan fingerprint density at radius 3 is 3.06 bits per heavy atom. The van der Waals surface area contributed by atoms with Crippen molar-refractivity contribution in [3.05, 3.63) is 18.2 Å². The van der Waals surface area contributed by atoms with Crippen molar-refractivity contribution in [1.82, 2.24) is 4.98 Å². The molecule has 1 heterocycles. The van der Waals surface area contributed by atoms with Crippen LogP contribution in [-0.4, -0.2) is 24.0 Å². The van der Waals surface area contributed by atoms with Gasteiger partial charge in [-0.05, 0) is 25.1 Å². The molecule has 0 bridgehead atoms. The monoisotopic (exact) mass is 265 g/mol. The molecule has 0 spiro atoms. The van der Waals surface area contributed by atoms with Crippen molar-refractivity contribution in [3.8, 4) is 5.75 Å². The SMILES string of the molecule is COc1ccc2nc(NC(C)CC(N)=O)sc2c1. The van der Waals surface area contributed by atoms with Gasteiger partial charge in [-0.2, -0.15) is 0 Å². The molecule has 6 heteroatoms. The van der Waals surface area contributed by atoms with E-state index in [1.54, 1.807) is 7.11 Å². The number of thiazole rings is 1. The van der Waals surface area contributed by atoms with Crippen LogP contribution in [0.25, 0.3) is 10.2 Å². The summed E-state index contributed by atoms with van der Waals surface area (Å²) in [5, 5.41) is 3.95. The number of anilines is 1. The van der Waals surface area contributed by atoms with Gasteiger partial charge in [-0.25, -0.2) is 4.98 Å². The number of aromatic nitrogens is 1. The molecule has 2 rings (SSSR count). The van der Waals surface area contributed by atoms with Crippen LogP contribution in [0.1, 0.15) is 13.3 Å². The van der Waals surface area contributed by atoms with E-state index in [-0.39, 0.29) is 11.9 Å². The molecule has 0 aliphatic rings. The van der Waals surface area contributed by atoms with Gasteiger partial charge in [0.15, 0.2) is 5.13 Å². The first kappa shape index (κ1) is 12.6. The van der Waals surface area contributed by atoms with Crippen LogP contribution in [0.5, 0.6) is 5.75 Å². The Kier molecular flexibility index (Phi) is 3.66. The summed E-state index contributed by atoms with van der Waals surface area (Å²) < 4.78 is 6.21. The number of nitrogens with one attached hydrogen (secondary N) is 1. The van der Waals surface area contributed by atoms with E-state index in [0.717, 1.165) is 21.1 Å². The van der Waals surface area contributed by atoms with Crippen LogP contribution >= 0.6 is 11.3 Å². The molecule has 0 aliphatic heterocycles. The van der Waals surface area contributed by atoms with Crippen LogP contribution in [0, 0.1) is 0 Å². The molecule has 2 aromatic rings. The summed E-state index contributed by atoms with van der Waals surface area (Å²) in [6, 6.07) is 5.70. The highest BCUT2D eigenvalue weighted by Gasteiger charge is 2.09. The summed E-state index contributed by atoms with van der Waals surface area (Å²) in [5.74, 6) is 0.487. The number of hydrogen-bond acceptors (Lipinski definition) is 5. The Morgan fingerprint density at radius 1 is 1.61 bits per heavy atom. The Labute approximate surface area is 109 Å². The number of ether oxygens (including phenoxy) is 1. The lowest BCUT2D eigenvalue weighted by molar-refractivity contribution is -0.118. The number of primary amides is 1. The van der Waals surface area contributed by atoms with E-state index in [1.165, 1.54) is 11.3 Å². The third-order valence-electron chi connectivity index (χ3n) is 2.47. The standard InChI is InChI=1S/C12H15N3O2S/c1-7(5-11(13)16)14-12-15-9-4-3-8(17-2)6-10(9)18-12/h3-4,6-7H,5H2,1-2H3,(H2,13,16)(H,14,15). The molecule has 1 amide bonds. The fourth-order valence-electron chi connectivity index (χ4n) is 1.66. The first-order valence-corrected chi connectivity index (χ1v) is 6.39. The predicted octanol–water partition coefficient (Wildman–Crippen LogP) is 1.98. The van der Waals surface area contributed by atoms with E-state index in [2.05, 4.69) is 10.3 Å². The van der Waals surface area contributed by atoms with Gasteiger partial charge in [0.25, 0.3) is 0 Å². The topological polar surface area (TPSA) is 77.2 Å². The van der Waals surface area contributed by atoms with E-state index >= 15 is 0 Å². The summed E-state index contributed by atoms with van der Waals surface area (Å²) in [4.78, 5) is 15.2. The minimum atomic E-state index is -0.321. The fraction of sp³-hybridized carbons (Fsp3) is 0.333. The Hall–Kier alpha value is -1.82. The van der Waals surface area contributed by atoms with E-state index in [0.29, 0.717) is 6.42 Å². The predicted molar refractivity (Wildman–Crippen MR) is 73.1 cm³/mol. The van der Waals surface area contributed by atoms with Crippen LogP contribution in [0.4, 0.5) is 5.13 Å². The van der Waals surface area contributed by atoms with Crippen LogP contribution < -0.4 is 15.8 Å². The molecular weight excluding hydrogens is 250 g/mol. The fourth-order valence-corrected chi connectivity index (χ4v) is 2.66. The summed E-state index contributed by atoms with van der Waals surface area (Å²) in [5.41, 5.74) is 6.06. The summed E-state index contributed by atoms with van der Waals surface area (Å²) in [7, 11) is 1.64. The van der Waals surface area contributed by atoms with Crippen molar-refractivity contribution >= 4 is 32.6 Å². The molecular formula is C12H15N3O2S. The maximum absolute atomic E-state index is 10.8. The van der Waals surface area contributed by atoms with Crippen LogP contribution in [0.2, 0.25) is 0 Å². The quantitative estimate of drug-likeness (QED) is 0.866. The van der Waals surface area contributed by atoms with Gasteiger partial charge >= 0.3 is 0 Å². The smallest absolute Gasteiger partial charge is 0.219 e. The van der Waals surface area contributed by atoms with Crippen molar-refractivity contribution in [2.75, 3.05) is 12.4 Å². The van der Waals surface area contributed by atoms with Crippen LogP contribution in [-0.2, 0) is 4.79 Å². The average Bonchev–Trinajstić information content (AvgIpc) is 2.68. The average molecular weight is 265 g/mol. The molecule has 0 saturated carbocycles. The van der Waals surface area contributed by atoms with Gasteiger partial charge in [0.2, 0.25) is 5.91 Å². The lowest BCUT2D eigenvalue weighted by atomic mass is 10.2. The van der Waals surface area contributed by atoms with Gasteiger partial charge in [-0.3, -0.25) is 4.79 Å². The number of carbonyl (C=O) groups excluding carboxylic acids is 1. The summed E-state index contributed by atoms with van der Waals surface area (Å²) in [6.45, 7) is 1.90. The maximum Gasteiger partial charge on any atom is 0.219 e. The Morgan fingerprint density at radius 2 is 2.39 bits per heavy atom. The molecule has 1 aromatic heterocycles. The van der Waals surface area contributed by atoms with Gasteiger partial charge in [0, 0.05) is 12.5 Å². The number of nitrogens with zero attached hydrogens (tertiary/aromatic N) is 1. The zero-order valence-electron chi connectivity index (χ0n) is 10.3. The Bertz CT molecular complexity index is 567. The number of rotatable bonds is 5. The zero-order chi connectivity index (χ0) is 13.1. The van der Waals surface area contributed by atoms with Gasteiger partial charge in [0.1, 0.15) is 5.75 Å². The molecule has 0 saturated heterocycles. The maximum atomic E-state index is 10.8. The molecule has 0 radical (unpaired) electrons. The molecule has 5 nitrogen and oxygen atoms in total. The van der Waals surface area contributed by atoms with E-state index in [1.807, 2.05) is 25.1 Å². The lowest BCUT2D eigenvalue weighted by Gasteiger charge is -2.09. The highest BCUT2D eigenvalue weighted by molar-refractivity contribution is 7.22. The number of nitrogens with two attached hydrogens (primary N) is 1. The van der Waals surface area contributed by atoms with Crippen molar-refractivity contribution in [2.24, 2.45) is 5.73 Å². The van der Waals surface area contributed by atoms with Crippen molar-refractivity contribution in [1.29, 1.82) is 0 Å². The van der Waals surface area contributed by atoms with Gasteiger partial charge < -0.3 is 15.8 Å². The number of fused-ring (bicyclic) bond motifs is 1. The summed E-state index contributed by atoms with van der Waals surface area (Å²) in [6.07, 6.45) is 0.291. The van der Waals surface area contributed by atoms with Crippen LogP contribution in [0.3, 0.4) is 0 Å². The second kappa shape index (κ2) is 5.22. The minimum Gasteiger partial charge on any atom is -0.497 e. The summed E-state index contributed by atoms with van der Waals surface area (Å²) >= 11 is 1.53. The minimum absolute atomic E-state index is 0.0232. The second-order valence-electron chi connectivity index (χ2n) is 4.07. The Balaban J connectivity index is 2.17. The van der Waals surface area contributed by atoms with Crippen molar-refractivity contribution in [2.45, 2.75) is 19.4 Å². The molecule has 1 aromatic carbocycles. The number of methoxy groups -OCH3 is 1. The van der Waals surface area contributed by atoms with Gasteiger partial charge in [-0.1, -0.05) is 11.3 Å². The molecule has 1 atom stereocenters. The van der Waals surface area contributed by atoms with E-state index < -0.39 is 0 Å². The number of amides is 1. The van der Waals surface area contributed by atoms with Crippen molar-refractivity contribution in [3.63, 3.8) is 0 Å². The third kappa shape index (κ3) is 2.89. The highest BCUT2D eigenvalue weighted by Crippen LogP contribution is 2.29. The van der Waals surface area contributed by atoms with Gasteiger partial charge in [-0.15, -0.1) is 0 Å². The first-order chi connectivity index (χ1) is 8.58. The molecule has 0 aliphatic carbocycles. The molecule has 96 valence electrons. The van der Waals surface area contributed by atoms with E-state index in [4.69, 9.17) is 10.5 Å².